The molecule has 1 aromatic rings. The Balaban J connectivity index is 2.89. The highest BCUT2D eigenvalue weighted by Crippen LogP contribution is 2.27. The molecule has 0 spiro atoms. The van der Waals surface area contributed by atoms with Gasteiger partial charge in [0.25, 0.3) is 0 Å². The van der Waals surface area contributed by atoms with Crippen LogP contribution in [0, 0.1) is 13.8 Å². The molecule has 0 unspecified atom stereocenters. The normalized spacial score (nSPS) is 9.94. The van der Waals surface area contributed by atoms with E-state index >= 15 is 0 Å². The van der Waals surface area contributed by atoms with Gasteiger partial charge in [0.15, 0.2) is 0 Å². The first-order valence-electron chi connectivity index (χ1n) is 4.68. The molecule has 0 heterocycles. The number of halogens is 1. The van der Waals surface area contributed by atoms with Crippen LogP contribution in [-0.4, -0.2) is 17.0 Å². The van der Waals surface area contributed by atoms with Crippen LogP contribution in [0.1, 0.15) is 17.5 Å². The van der Waals surface area contributed by atoms with Gasteiger partial charge in [0.05, 0.1) is 5.69 Å². The van der Waals surface area contributed by atoms with Crippen LogP contribution in [0.5, 0.6) is 0 Å². The Hall–Kier alpha value is -1.36. The van der Waals surface area contributed by atoms with Gasteiger partial charge in [-0.3, -0.25) is 9.59 Å². The molecule has 1 rings (SSSR count). The van der Waals surface area contributed by atoms with Crippen molar-refractivity contribution in [2.24, 2.45) is 0 Å². The minimum atomic E-state index is -1.14. The molecular weight excluding hydrogens is 274 g/mol. The van der Waals surface area contributed by atoms with Crippen molar-refractivity contribution in [2.75, 3.05) is 5.32 Å². The maximum absolute atomic E-state index is 11.3. The molecule has 0 aromatic heterocycles. The summed E-state index contributed by atoms with van der Waals surface area (Å²) in [6.07, 6.45) is -0.528. The topological polar surface area (TPSA) is 66.4 Å². The Labute approximate surface area is 102 Å². The molecule has 0 fully saturated rings. The summed E-state index contributed by atoms with van der Waals surface area (Å²) < 4.78 is 0.753. The molecule has 16 heavy (non-hydrogen) atoms. The third-order valence-electron chi connectivity index (χ3n) is 2.01. The lowest BCUT2D eigenvalue weighted by molar-refractivity contribution is -0.139. The Morgan fingerprint density at radius 2 is 2.00 bits per heavy atom. The Kier molecular flexibility index (Phi) is 4.06. The number of hydrogen-bond acceptors (Lipinski definition) is 2. The van der Waals surface area contributed by atoms with E-state index in [9.17, 15) is 9.59 Å². The lowest BCUT2D eigenvalue weighted by Gasteiger charge is -2.10. The molecule has 0 saturated carbocycles. The van der Waals surface area contributed by atoms with Crippen molar-refractivity contribution < 1.29 is 14.7 Å². The van der Waals surface area contributed by atoms with E-state index in [0.717, 1.165) is 15.6 Å². The number of anilines is 1. The zero-order chi connectivity index (χ0) is 12.3. The summed E-state index contributed by atoms with van der Waals surface area (Å²) in [6, 6.07) is 3.78. The minimum Gasteiger partial charge on any atom is -0.481 e. The number of carbonyl (C=O) groups is 2. The average Bonchev–Trinajstić information content (AvgIpc) is 2.09. The van der Waals surface area contributed by atoms with Crippen molar-refractivity contribution in [2.45, 2.75) is 20.3 Å². The first-order valence-corrected chi connectivity index (χ1v) is 5.48. The summed E-state index contributed by atoms with van der Waals surface area (Å²) in [5.74, 6) is -1.67. The molecule has 0 atom stereocenters. The molecular formula is C11H12BrNO3. The summed E-state index contributed by atoms with van der Waals surface area (Å²) in [5.41, 5.74) is 2.59. The van der Waals surface area contributed by atoms with E-state index in [4.69, 9.17) is 5.11 Å². The van der Waals surface area contributed by atoms with Crippen molar-refractivity contribution in [3.05, 3.63) is 27.7 Å². The molecule has 0 bridgehead atoms. The summed E-state index contributed by atoms with van der Waals surface area (Å²) in [6.45, 7) is 3.80. The molecule has 2 N–H and O–H groups in total. The summed E-state index contributed by atoms with van der Waals surface area (Å²) in [7, 11) is 0. The average molecular weight is 286 g/mol. The van der Waals surface area contributed by atoms with Crippen LogP contribution in [0.2, 0.25) is 0 Å². The molecule has 0 saturated heterocycles. The van der Waals surface area contributed by atoms with Gasteiger partial charge in [0.2, 0.25) is 5.91 Å². The monoisotopic (exact) mass is 285 g/mol. The maximum Gasteiger partial charge on any atom is 0.312 e. The second kappa shape index (κ2) is 5.12. The minimum absolute atomic E-state index is 0.528. The van der Waals surface area contributed by atoms with Gasteiger partial charge in [-0.05, 0) is 47.0 Å². The number of amides is 1. The highest BCUT2D eigenvalue weighted by atomic mass is 79.9. The van der Waals surface area contributed by atoms with Crippen LogP contribution in [0.4, 0.5) is 5.69 Å². The molecule has 4 nitrogen and oxygen atoms in total. The predicted octanol–water partition coefficient (Wildman–Crippen LogP) is 2.48. The quantitative estimate of drug-likeness (QED) is 0.839. The third kappa shape index (κ3) is 3.34. The van der Waals surface area contributed by atoms with Crippen molar-refractivity contribution in [1.82, 2.24) is 0 Å². The van der Waals surface area contributed by atoms with Crippen molar-refractivity contribution in [3.63, 3.8) is 0 Å². The lowest BCUT2D eigenvalue weighted by atomic mass is 10.1. The van der Waals surface area contributed by atoms with E-state index in [0.29, 0.717) is 5.69 Å². The van der Waals surface area contributed by atoms with Gasteiger partial charge in [-0.15, -0.1) is 0 Å². The van der Waals surface area contributed by atoms with Crippen LogP contribution in [0.3, 0.4) is 0 Å². The van der Waals surface area contributed by atoms with Crippen molar-refractivity contribution >= 4 is 33.5 Å². The van der Waals surface area contributed by atoms with Gasteiger partial charge in [0, 0.05) is 4.47 Å². The lowest BCUT2D eigenvalue weighted by Crippen LogP contribution is -2.16. The predicted molar refractivity (Wildman–Crippen MR) is 64.5 cm³/mol. The number of benzene rings is 1. The number of aryl methyl sites for hydroxylation is 2. The van der Waals surface area contributed by atoms with E-state index in [-0.39, 0.29) is 0 Å². The standard InChI is InChI=1S/C11H12BrNO3/c1-6-3-7(2)11(8(12)4-6)13-9(14)5-10(15)16/h3-4H,5H2,1-2H3,(H,13,14)(H,15,16). The molecule has 0 aliphatic rings. The molecule has 1 aromatic carbocycles. The summed E-state index contributed by atoms with van der Waals surface area (Å²) in [4.78, 5) is 21.7. The van der Waals surface area contributed by atoms with E-state index in [1.54, 1.807) is 0 Å². The first kappa shape index (κ1) is 12.7. The Morgan fingerprint density at radius 3 is 2.50 bits per heavy atom. The second-order valence-electron chi connectivity index (χ2n) is 3.56. The van der Waals surface area contributed by atoms with E-state index < -0.39 is 18.3 Å². The zero-order valence-electron chi connectivity index (χ0n) is 9.00. The summed E-state index contributed by atoms with van der Waals surface area (Å²) >= 11 is 3.33. The number of nitrogens with one attached hydrogen (secondary N) is 1. The first-order chi connectivity index (χ1) is 7.40. The SMILES string of the molecule is Cc1cc(C)c(NC(=O)CC(=O)O)c(Br)c1. The fraction of sp³-hybridized carbons (Fsp3) is 0.273. The second-order valence-corrected chi connectivity index (χ2v) is 4.41. The Bertz CT molecular complexity index is 420. The van der Waals surface area contributed by atoms with Crippen LogP contribution in [0.25, 0.3) is 0 Å². The van der Waals surface area contributed by atoms with Gasteiger partial charge < -0.3 is 10.4 Å². The van der Waals surface area contributed by atoms with E-state index in [1.807, 2.05) is 26.0 Å². The number of carboxylic acid groups (broad SMARTS) is 1. The maximum atomic E-state index is 11.3. The van der Waals surface area contributed by atoms with Crippen molar-refractivity contribution in [3.8, 4) is 0 Å². The van der Waals surface area contributed by atoms with Crippen LogP contribution >= 0.6 is 15.9 Å². The molecule has 5 heteroatoms. The van der Waals surface area contributed by atoms with Crippen LogP contribution in [-0.2, 0) is 9.59 Å². The van der Waals surface area contributed by atoms with E-state index in [1.165, 1.54) is 0 Å². The zero-order valence-corrected chi connectivity index (χ0v) is 10.6. The van der Waals surface area contributed by atoms with Crippen LogP contribution in [0.15, 0.2) is 16.6 Å². The van der Waals surface area contributed by atoms with Gasteiger partial charge >= 0.3 is 5.97 Å². The van der Waals surface area contributed by atoms with Gasteiger partial charge in [0.1, 0.15) is 6.42 Å². The molecule has 0 aliphatic heterocycles. The fourth-order valence-electron chi connectivity index (χ4n) is 1.40. The van der Waals surface area contributed by atoms with Crippen LogP contribution < -0.4 is 5.32 Å². The van der Waals surface area contributed by atoms with E-state index in [2.05, 4.69) is 21.2 Å². The van der Waals surface area contributed by atoms with Gasteiger partial charge in [-0.25, -0.2) is 0 Å². The molecule has 1 amide bonds. The highest BCUT2D eigenvalue weighted by molar-refractivity contribution is 9.10. The summed E-state index contributed by atoms with van der Waals surface area (Å²) in [5, 5.41) is 11.0. The molecule has 0 aliphatic carbocycles. The fourth-order valence-corrected chi connectivity index (χ4v) is 2.17. The number of rotatable bonds is 3. The number of aliphatic carboxylic acids is 1. The highest BCUT2D eigenvalue weighted by Gasteiger charge is 2.11. The van der Waals surface area contributed by atoms with Gasteiger partial charge in [-0.1, -0.05) is 6.07 Å². The molecule has 86 valence electrons. The Morgan fingerprint density at radius 1 is 1.38 bits per heavy atom. The van der Waals surface area contributed by atoms with Gasteiger partial charge in [-0.2, -0.15) is 0 Å². The third-order valence-corrected chi connectivity index (χ3v) is 2.63. The number of carboxylic acids is 1. The number of carbonyl (C=O) groups excluding carboxylic acids is 1. The largest absolute Gasteiger partial charge is 0.481 e. The number of hydrogen-bond donors (Lipinski definition) is 2. The molecule has 0 radical (unpaired) electrons. The smallest absolute Gasteiger partial charge is 0.312 e. The van der Waals surface area contributed by atoms with Crippen molar-refractivity contribution in [1.29, 1.82) is 0 Å².